The van der Waals surface area contributed by atoms with E-state index < -0.39 is 6.03 Å². The second kappa shape index (κ2) is 7.29. The minimum Gasteiger partial charge on any atom is -0.394 e. The maximum Gasteiger partial charge on any atom is 0.319 e. The van der Waals surface area contributed by atoms with E-state index in [0.717, 1.165) is 4.88 Å². The monoisotopic (exact) mass is 343 g/mol. The van der Waals surface area contributed by atoms with Crippen LogP contribution in [0.25, 0.3) is 10.8 Å². The van der Waals surface area contributed by atoms with Crippen molar-refractivity contribution in [2.24, 2.45) is 0 Å². The van der Waals surface area contributed by atoms with Gasteiger partial charge >= 0.3 is 6.03 Å². The number of aromatic amines is 1. The fourth-order valence-electron chi connectivity index (χ4n) is 2.51. The predicted molar refractivity (Wildman–Crippen MR) is 95.6 cm³/mol. The minimum absolute atomic E-state index is 0.152. The van der Waals surface area contributed by atoms with Crippen molar-refractivity contribution >= 4 is 33.8 Å². The van der Waals surface area contributed by atoms with E-state index in [9.17, 15) is 14.7 Å². The number of urea groups is 1. The Labute approximate surface area is 142 Å². The third kappa shape index (κ3) is 3.64. The van der Waals surface area contributed by atoms with Gasteiger partial charge in [0.2, 0.25) is 0 Å². The van der Waals surface area contributed by atoms with E-state index in [-0.39, 0.29) is 18.2 Å². The summed E-state index contributed by atoms with van der Waals surface area (Å²) in [5.74, 6) is 0. The molecule has 2 aromatic heterocycles. The molecule has 1 atom stereocenters. The van der Waals surface area contributed by atoms with Gasteiger partial charge in [0.25, 0.3) is 5.56 Å². The Kier molecular flexibility index (Phi) is 4.93. The van der Waals surface area contributed by atoms with Crippen LogP contribution in [0.4, 0.5) is 10.5 Å². The zero-order chi connectivity index (χ0) is 16.9. The third-order valence-electron chi connectivity index (χ3n) is 3.65. The first-order valence-corrected chi connectivity index (χ1v) is 8.36. The molecule has 0 aliphatic rings. The number of pyridine rings is 1. The van der Waals surface area contributed by atoms with Crippen molar-refractivity contribution in [3.63, 3.8) is 0 Å². The lowest BCUT2D eigenvalue weighted by Gasteiger charge is -2.16. The maximum atomic E-state index is 12.2. The number of anilines is 1. The summed E-state index contributed by atoms with van der Waals surface area (Å²) in [6.45, 7) is -0.152. The summed E-state index contributed by atoms with van der Waals surface area (Å²) >= 11 is 1.58. The van der Waals surface area contributed by atoms with Gasteiger partial charge in [-0.05, 0) is 29.6 Å². The summed E-state index contributed by atoms with van der Waals surface area (Å²) in [6.07, 6.45) is 2.11. The Morgan fingerprint density at radius 2 is 2.08 bits per heavy atom. The molecule has 1 unspecified atom stereocenters. The summed E-state index contributed by atoms with van der Waals surface area (Å²) in [6, 6.07) is 9.98. The molecule has 3 rings (SSSR count). The predicted octanol–water partition coefficient (Wildman–Crippen LogP) is 2.31. The first-order valence-electron chi connectivity index (χ1n) is 7.48. The average molecular weight is 343 g/mol. The summed E-state index contributed by atoms with van der Waals surface area (Å²) < 4.78 is 0. The molecule has 0 aliphatic heterocycles. The highest BCUT2D eigenvalue weighted by molar-refractivity contribution is 7.09. The van der Waals surface area contributed by atoms with Crippen molar-refractivity contribution < 1.29 is 9.90 Å². The van der Waals surface area contributed by atoms with Gasteiger partial charge in [-0.1, -0.05) is 12.1 Å². The van der Waals surface area contributed by atoms with Gasteiger partial charge in [-0.2, -0.15) is 0 Å². The van der Waals surface area contributed by atoms with E-state index in [0.29, 0.717) is 22.9 Å². The zero-order valence-electron chi connectivity index (χ0n) is 12.8. The van der Waals surface area contributed by atoms with E-state index in [1.165, 1.54) is 0 Å². The molecule has 0 fully saturated rings. The molecule has 2 heterocycles. The number of rotatable bonds is 5. The van der Waals surface area contributed by atoms with Crippen molar-refractivity contribution in [2.75, 3.05) is 11.9 Å². The summed E-state index contributed by atoms with van der Waals surface area (Å²) in [4.78, 5) is 27.7. The van der Waals surface area contributed by atoms with Crippen LogP contribution in [0.5, 0.6) is 0 Å². The maximum absolute atomic E-state index is 12.2. The van der Waals surface area contributed by atoms with Crippen LogP contribution in [0.3, 0.4) is 0 Å². The second-order valence-electron chi connectivity index (χ2n) is 5.34. The van der Waals surface area contributed by atoms with Crippen molar-refractivity contribution in [3.05, 3.63) is 63.2 Å². The van der Waals surface area contributed by atoms with Crippen LogP contribution >= 0.6 is 11.3 Å². The topological polar surface area (TPSA) is 94.2 Å². The smallest absolute Gasteiger partial charge is 0.319 e. The lowest BCUT2D eigenvalue weighted by molar-refractivity contribution is 0.224. The van der Waals surface area contributed by atoms with Crippen LogP contribution in [-0.4, -0.2) is 28.8 Å². The molecule has 2 amide bonds. The minimum atomic E-state index is -0.418. The van der Waals surface area contributed by atoms with Gasteiger partial charge in [-0.15, -0.1) is 11.3 Å². The van der Waals surface area contributed by atoms with E-state index >= 15 is 0 Å². The van der Waals surface area contributed by atoms with Crippen molar-refractivity contribution in [1.82, 2.24) is 10.3 Å². The number of thiophene rings is 1. The van der Waals surface area contributed by atoms with E-state index in [1.807, 2.05) is 17.5 Å². The molecule has 7 heteroatoms. The van der Waals surface area contributed by atoms with Crippen LogP contribution in [0.1, 0.15) is 4.88 Å². The molecule has 0 bridgehead atoms. The van der Waals surface area contributed by atoms with Crippen molar-refractivity contribution in [3.8, 4) is 0 Å². The molecule has 4 N–H and O–H groups in total. The van der Waals surface area contributed by atoms with Gasteiger partial charge < -0.3 is 20.7 Å². The van der Waals surface area contributed by atoms with Gasteiger partial charge in [0.15, 0.2) is 0 Å². The van der Waals surface area contributed by atoms with Gasteiger partial charge in [-0.25, -0.2) is 4.79 Å². The normalized spacial score (nSPS) is 12.0. The Bertz CT molecular complexity index is 889. The van der Waals surface area contributed by atoms with Crippen LogP contribution in [0.15, 0.2) is 52.8 Å². The van der Waals surface area contributed by atoms with E-state index in [4.69, 9.17) is 0 Å². The van der Waals surface area contributed by atoms with Crippen LogP contribution in [-0.2, 0) is 6.42 Å². The van der Waals surface area contributed by atoms with E-state index in [1.54, 1.807) is 41.8 Å². The number of hydrogen-bond donors (Lipinski definition) is 4. The molecule has 6 nitrogen and oxygen atoms in total. The van der Waals surface area contributed by atoms with Crippen molar-refractivity contribution in [2.45, 2.75) is 12.5 Å². The van der Waals surface area contributed by atoms with Gasteiger partial charge in [0.1, 0.15) is 0 Å². The van der Waals surface area contributed by atoms with Crippen LogP contribution in [0.2, 0.25) is 0 Å². The molecule has 0 radical (unpaired) electrons. The van der Waals surface area contributed by atoms with Crippen LogP contribution < -0.4 is 16.2 Å². The molecule has 24 heavy (non-hydrogen) atoms. The molecule has 0 saturated heterocycles. The average Bonchev–Trinajstić information content (AvgIpc) is 3.08. The van der Waals surface area contributed by atoms with Crippen molar-refractivity contribution in [1.29, 1.82) is 0 Å². The first-order chi connectivity index (χ1) is 11.7. The SMILES string of the molecule is O=C(Nc1cccc2c(=O)[nH]ccc12)NC(CO)Cc1cccs1. The first kappa shape index (κ1) is 16.2. The number of H-pyrrole nitrogens is 1. The number of nitrogens with one attached hydrogen (secondary N) is 3. The lowest BCUT2D eigenvalue weighted by Crippen LogP contribution is -2.41. The quantitative estimate of drug-likeness (QED) is 0.573. The largest absolute Gasteiger partial charge is 0.394 e. The summed E-state index contributed by atoms with van der Waals surface area (Å²) in [5.41, 5.74) is 0.339. The molecule has 124 valence electrons. The molecule has 0 saturated carbocycles. The Morgan fingerprint density at radius 1 is 1.21 bits per heavy atom. The fraction of sp³-hybridized carbons (Fsp3) is 0.176. The molecule has 0 spiro atoms. The summed E-state index contributed by atoms with van der Waals surface area (Å²) in [7, 11) is 0. The number of benzene rings is 1. The molecular formula is C17H17N3O3S. The standard InChI is InChI=1S/C17H17N3O3S/c21-10-11(9-12-3-2-8-24-12)19-17(23)20-15-5-1-4-14-13(15)6-7-18-16(14)22/h1-8,11,21H,9-10H2,(H,18,22)(H2,19,20,23). The van der Waals surface area contributed by atoms with Gasteiger partial charge in [0, 0.05) is 28.3 Å². The number of amides is 2. The highest BCUT2D eigenvalue weighted by Gasteiger charge is 2.14. The zero-order valence-corrected chi connectivity index (χ0v) is 13.6. The Balaban J connectivity index is 1.73. The molecular weight excluding hydrogens is 326 g/mol. The summed E-state index contributed by atoms with van der Waals surface area (Å²) in [5, 5.41) is 18.1. The lowest BCUT2D eigenvalue weighted by atomic mass is 10.1. The molecule has 1 aromatic carbocycles. The highest BCUT2D eigenvalue weighted by Crippen LogP contribution is 2.20. The molecule has 3 aromatic rings. The number of aromatic nitrogens is 1. The Hall–Kier alpha value is -2.64. The number of carbonyl (C=O) groups is 1. The highest BCUT2D eigenvalue weighted by atomic mass is 32.1. The number of hydrogen-bond acceptors (Lipinski definition) is 4. The second-order valence-corrected chi connectivity index (χ2v) is 6.37. The Morgan fingerprint density at radius 3 is 2.83 bits per heavy atom. The number of carbonyl (C=O) groups excluding carboxylic acids is 1. The number of aliphatic hydroxyl groups is 1. The fourth-order valence-corrected chi connectivity index (χ4v) is 3.29. The van der Waals surface area contributed by atoms with Gasteiger partial charge in [0.05, 0.1) is 18.3 Å². The van der Waals surface area contributed by atoms with Gasteiger partial charge in [-0.3, -0.25) is 4.79 Å². The third-order valence-corrected chi connectivity index (χ3v) is 4.55. The number of fused-ring (bicyclic) bond motifs is 1. The van der Waals surface area contributed by atoms with Crippen LogP contribution in [0, 0.1) is 0 Å². The number of aliphatic hydroxyl groups excluding tert-OH is 1. The molecule has 0 aliphatic carbocycles. The van der Waals surface area contributed by atoms with E-state index in [2.05, 4.69) is 15.6 Å².